The summed E-state index contributed by atoms with van der Waals surface area (Å²) in [6, 6.07) is 7.49. The van der Waals surface area contributed by atoms with Crippen molar-refractivity contribution in [1.82, 2.24) is 9.62 Å². The lowest BCUT2D eigenvalue weighted by atomic mass is 10.0. The molecule has 1 aliphatic heterocycles. The van der Waals surface area contributed by atoms with Gasteiger partial charge in [-0.1, -0.05) is 32.0 Å². The second-order valence-corrected chi connectivity index (χ2v) is 9.11. The van der Waals surface area contributed by atoms with Gasteiger partial charge >= 0.3 is 12.1 Å². The average Bonchev–Trinajstić information content (AvgIpc) is 2.67. The van der Waals surface area contributed by atoms with E-state index in [-0.39, 0.29) is 23.9 Å². The van der Waals surface area contributed by atoms with Crippen molar-refractivity contribution in [2.24, 2.45) is 5.92 Å². The number of carbonyl (C=O) groups is 2. The molecule has 0 radical (unpaired) electrons. The predicted molar refractivity (Wildman–Crippen MR) is 103 cm³/mol. The molecule has 0 aliphatic carbocycles. The van der Waals surface area contributed by atoms with Gasteiger partial charge in [0.15, 0.2) is 0 Å². The second-order valence-electron chi connectivity index (χ2n) is 7.17. The number of rotatable bonds is 7. The van der Waals surface area contributed by atoms with Crippen LogP contribution in [0.1, 0.15) is 33.1 Å². The predicted octanol–water partition coefficient (Wildman–Crippen LogP) is 2.15. The number of hydrogen-bond acceptors (Lipinski definition) is 6. The van der Waals surface area contributed by atoms with Crippen molar-refractivity contribution in [3.8, 4) is 0 Å². The zero-order valence-electron chi connectivity index (χ0n) is 16.5. The summed E-state index contributed by atoms with van der Waals surface area (Å²) in [5.41, 5.74) is 0. The summed E-state index contributed by atoms with van der Waals surface area (Å²) in [5.74, 6) is -0.328. The summed E-state index contributed by atoms with van der Waals surface area (Å²) in [6.07, 6.45) is 0.134. The molecule has 1 N–H and O–H groups in total. The molecule has 1 saturated heterocycles. The van der Waals surface area contributed by atoms with Crippen molar-refractivity contribution in [2.75, 3.05) is 20.2 Å². The highest BCUT2D eigenvalue weighted by Crippen LogP contribution is 2.22. The van der Waals surface area contributed by atoms with E-state index in [1.54, 1.807) is 30.3 Å². The Balaban J connectivity index is 1.88. The first-order valence-electron chi connectivity index (χ1n) is 9.34. The van der Waals surface area contributed by atoms with Gasteiger partial charge in [0.25, 0.3) is 0 Å². The van der Waals surface area contributed by atoms with Gasteiger partial charge in [0.2, 0.25) is 10.0 Å². The van der Waals surface area contributed by atoms with Crippen molar-refractivity contribution >= 4 is 22.1 Å². The van der Waals surface area contributed by atoms with E-state index in [2.05, 4.69) is 5.32 Å². The number of sulfonamides is 1. The quantitative estimate of drug-likeness (QED) is 0.689. The van der Waals surface area contributed by atoms with Crippen molar-refractivity contribution in [1.29, 1.82) is 0 Å². The second kappa shape index (κ2) is 9.88. The highest BCUT2D eigenvalue weighted by Gasteiger charge is 2.31. The molecule has 0 unspecified atom stereocenters. The summed E-state index contributed by atoms with van der Waals surface area (Å²) in [4.78, 5) is 24.2. The normalized spacial score (nSPS) is 17.1. The number of piperidine rings is 1. The minimum atomic E-state index is -3.55. The largest absolute Gasteiger partial charge is 0.467 e. The lowest BCUT2D eigenvalue weighted by Gasteiger charge is -2.31. The molecule has 0 spiro atoms. The highest BCUT2D eigenvalue weighted by atomic mass is 32.2. The van der Waals surface area contributed by atoms with Gasteiger partial charge in [0.05, 0.1) is 12.0 Å². The van der Waals surface area contributed by atoms with Crippen LogP contribution in [0.2, 0.25) is 0 Å². The van der Waals surface area contributed by atoms with Crippen LogP contribution in [0.3, 0.4) is 0 Å². The van der Waals surface area contributed by atoms with Gasteiger partial charge in [-0.25, -0.2) is 18.0 Å². The van der Waals surface area contributed by atoms with Crippen LogP contribution in [0.25, 0.3) is 0 Å². The monoisotopic (exact) mass is 412 g/mol. The molecule has 8 nitrogen and oxygen atoms in total. The van der Waals surface area contributed by atoms with Crippen LogP contribution < -0.4 is 5.32 Å². The molecular weight excluding hydrogens is 384 g/mol. The maximum absolute atomic E-state index is 12.6. The van der Waals surface area contributed by atoms with Gasteiger partial charge < -0.3 is 14.8 Å². The number of methoxy groups -OCH3 is 1. The Kier molecular flexibility index (Phi) is 7.82. The first-order chi connectivity index (χ1) is 13.2. The van der Waals surface area contributed by atoms with Crippen LogP contribution in [0.15, 0.2) is 35.2 Å². The third-order valence-corrected chi connectivity index (χ3v) is 6.45. The van der Waals surface area contributed by atoms with Crippen LogP contribution in [0, 0.1) is 5.92 Å². The summed E-state index contributed by atoms with van der Waals surface area (Å²) >= 11 is 0. The Labute approximate surface area is 166 Å². The molecule has 0 aromatic heterocycles. The number of ether oxygens (including phenoxy) is 2. The Bertz CT molecular complexity index is 758. The standard InChI is InChI=1S/C19H28N2O6S/c1-14(2)13-17(18(22)26-3)20-19(23)27-15-9-11-21(12-10-15)28(24,25)16-7-5-4-6-8-16/h4-8,14-15,17H,9-13H2,1-3H3,(H,20,23)/t17-/m0/s1. The molecule has 156 valence electrons. The number of esters is 1. The fraction of sp³-hybridized carbons (Fsp3) is 0.579. The van der Waals surface area contributed by atoms with E-state index >= 15 is 0 Å². The van der Waals surface area contributed by atoms with Crippen molar-refractivity contribution < 1.29 is 27.5 Å². The molecule has 1 aromatic carbocycles. The first-order valence-corrected chi connectivity index (χ1v) is 10.8. The molecule has 0 bridgehead atoms. The van der Waals surface area contributed by atoms with E-state index in [0.717, 1.165) is 0 Å². The molecule has 1 aromatic rings. The van der Waals surface area contributed by atoms with Gasteiger partial charge in [-0.05, 0) is 37.3 Å². The van der Waals surface area contributed by atoms with Crippen LogP contribution >= 0.6 is 0 Å². The summed E-state index contributed by atoms with van der Waals surface area (Å²) in [7, 11) is -2.28. The zero-order chi connectivity index (χ0) is 20.7. The number of nitrogens with one attached hydrogen (secondary N) is 1. The molecule has 1 aliphatic rings. The number of alkyl carbamates (subject to hydrolysis) is 1. The Hall–Kier alpha value is -2.13. The molecule has 9 heteroatoms. The van der Waals surface area contributed by atoms with E-state index in [1.807, 2.05) is 13.8 Å². The lowest BCUT2D eigenvalue weighted by molar-refractivity contribution is -0.143. The van der Waals surface area contributed by atoms with E-state index in [0.29, 0.717) is 19.3 Å². The van der Waals surface area contributed by atoms with Crippen LogP contribution in [-0.2, 0) is 24.3 Å². The van der Waals surface area contributed by atoms with Crippen molar-refractivity contribution in [3.63, 3.8) is 0 Å². The average molecular weight is 413 g/mol. The Morgan fingerprint density at radius 3 is 2.32 bits per heavy atom. The van der Waals surface area contributed by atoms with Gasteiger partial charge in [-0.3, -0.25) is 0 Å². The Morgan fingerprint density at radius 1 is 1.18 bits per heavy atom. The molecule has 1 atom stereocenters. The van der Waals surface area contributed by atoms with Crippen molar-refractivity contribution in [2.45, 2.75) is 50.2 Å². The maximum Gasteiger partial charge on any atom is 0.408 e. The molecule has 1 amide bonds. The summed E-state index contributed by atoms with van der Waals surface area (Å²) in [6.45, 7) is 4.40. The fourth-order valence-corrected chi connectivity index (χ4v) is 4.58. The maximum atomic E-state index is 12.6. The third kappa shape index (κ3) is 5.93. The van der Waals surface area contributed by atoms with E-state index in [4.69, 9.17) is 9.47 Å². The Morgan fingerprint density at radius 2 is 1.79 bits per heavy atom. The zero-order valence-corrected chi connectivity index (χ0v) is 17.3. The lowest BCUT2D eigenvalue weighted by Crippen LogP contribution is -2.46. The molecule has 0 saturated carbocycles. The van der Waals surface area contributed by atoms with E-state index < -0.39 is 34.2 Å². The highest BCUT2D eigenvalue weighted by molar-refractivity contribution is 7.89. The number of amides is 1. The number of carbonyl (C=O) groups excluding carboxylic acids is 2. The van der Waals surface area contributed by atoms with Crippen LogP contribution in [0.5, 0.6) is 0 Å². The fourth-order valence-electron chi connectivity index (χ4n) is 3.09. The van der Waals surface area contributed by atoms with E-state index in [9.17, 15) is 18.0 Å². The van der Waals surface area contributed by atoms with Crippen molar-refractivity contribution in [3.05, 3.63) is 30.3 Å². The van der Waals surface area contributed by atoms with Crippen LogP contribution in [0.4, 0.5) is 4.79 Å². The molecule has 1 heterocycles. The smallest absolute Gasteiger partial charge is 0.408 e. The molecule has 28 heavy (non-hydrogen) atoms. The molecule has 2 rings (SSSR count). The first kappa shape index (κ1) is 22.2. The molecular formula is C19H28N2O6S. The minimum Gasteiger partial charge on any atom is -0.467 e. The van der Waals surface area contributed by atoms with Crippen LogP contribution in [-0.4, -0.2) is 57.1 Å². The van der Waals surface area contributed by atoms with Gasteiger partial charge in [0, 0.05) is 13.1 Å². The topological polar surface area (TPSA) is 102 Å². The third-order valence-electron chi connectivity index (χ3n) is 4.54. The SMILES string of the molecule is COC(=O)[C@H](CC(C)C)NC(=O)OC1CCN(S(=O)(=O)c2ccccc2)CC1. The number of hydrogen-bond donors (Lipinski definition) is 1. The summed E-state index contributed by atoms with van der Waals surface area (Å²) < 4.78 is 36.8. The summed E-state index contributed by atoms with van der Waals surface area (Å²) in [5, 5.41) is 2.55. The van der Waals surface area contributed by atoms with E-state index in [1.165, 1.54) is 11.4 Å². The van der Waals surface area contributed by atoms with Gasteiger partial charge in [-0.2, -0.15) is 4.31 Å². The minimum absolute atomic E-state index is 0.191. The van der Waals surface area contributed by atoms with Gasteiger partial charge in [0.1, 0.15) is 12.1 Å². The number of nitrogens with zero attached hydrogens (tertiary/aromatic N) is 1. The number of benzene rings is 1. The molecule has 1 fully saturated rings. The van der Waals surface area contributed by atoms with Gasteiger partial charge in [-0.15, -0.1) is 0 Å².